The van der Waals surface area contributed by atoms with Gasteiger partial charge in [0, 0.05) is 13.1 Å². The second-order valence-electron chi connectivity index (χ2n) is 4.52. The van der Waals surface area contributed by atoms with Crippen LogP contribution in [0.15, 0.2) is 0 Å². The zero-order chi connectivity index (χ0) is 14.3. The number of aliphatic carboxylic acids is 1. The monoisotopic (exact) mass is 273 g/mol. The Labute approximate surface area is 113 Å². The van der Waals surface area contributed by atoms with Crippen LogP contribution in [0.5, 0.6) is 0 Å². The van der Waals surface area contributed by atoms with Crippen LogP contribution in [0.2, 0.25) is 0 Å². The fourth-order valence-corrected chi connectivity index (χ4v) is 2.18. The zero-order valence-corrected chi connectivity index (χ0v) is 11.5. The average molecular weight is 273 g/mol. The molecule has 2 atom stereocenters. The van der Waals surface area contributed by atoms with Crippen molar-refractivity contribution in [3.8, 4) is 0 Å². The number of urea groups is 1. The normalized spacial score (nSPS) is 22.2. The largest absolute Gasteiger partial charge is 0.481 e. The van der Waals surface area contributed by atoms with Crippen LogP contribution in [0.4, 0.5) is 4.79 Å². The highest BCUT2D eigenvalue weighted by Crippen LogP contribution is 2.20. The first kappa shape index (κ1) is 15.7. The van der Waals surface area contributed by atoms with Crippen LogP contribution in [0.3, 0.4) is 0 Å². The molecule has 7 heteroatoms. The first-order valence-corrected chi connectivity index (χ1v) is 6.61. The van der Waals surface area contributed by atoms with Crippen LogP contribution < -0.4 is 10.6 Å². The fraction of sp³-hybridized carbons (Fsp3) is 0.833. The SMILES string of the molecule is CCN(C(=O)NCCCNC)C1COCC1C(=O)O. The topological polar surface area (TPSA) is 90.9 Å². The molecule has 19 heavy (non-hydrogen) atoms. The summed E-state index contributed by atoms with van der Waals surface area (Å²) >= 11 is 0. The van der Waals surface area contributed by atoms with E-state index in [1.54, 1.807) is 4.90 Å². The third kappa shape index (κ3) is 4.36. The van der Waals surface area contributed by atoms with Crippen LogP contribution in [-0.2, 0) is 9.53 Å². The van der Waals surface area contributed by atoms with Gasteiger partial charge in [-0.15, -0.1) is 0 Å². The molecule has 0 bridgehead atoms. The molecule has 0 aromatic heterocycles. The number of hydrogen-bond donors (Lipinski definition) is 3. The molecular weight excluding hydrogens is 250 g/mol. The van der Waals surface area contributed by atoms with Gasteiger partial charge >= 0.3 is 12.0 Å². The minimum atomic E-state index is -0.913. The minimum Gasteiger partial charge on any atom is -0.481 e. The Bertz CT molecular complexity index is 311. The van der Waals surface area contributed by atoms with E-state index in [1.165, 1.54) is 0 Å². The van der Waals surface area contributed by atoms with Crippen LogP contribution in [0.1, 0.15) is 13.3 Å². The Morgan fingerprint density at radius 1 is 1.37 bits per heavy atom. The summed E-state index contributed by atoms with van der Waals surface area (Å²) in [4.78, 5) is 24.7. The molecule has 0 radical (unpaired) electrons. The lowest BCUT2D eigenvalue weighted by Crippen LogP contribution is -2.50. The second kappa shape index (κ2) is 7.96. The molecule has 7 nitrogen and oxygen atoms in total. The van der Waals surface area contributed by atoms with E-state index in [1.807, 2.05) is 14.0 Å². The van der Waals surface area contributed by atoms with Crippen LogP contribution in [0, 0.1) is 5.92 Å². The number of likely N-dealkylation sites (N-methyl/N-ethyl adjacent to an activating group) is 1. The Balaban J connectivity index is 2.51. The number of ether oxygens (including phenoxy) is 1. The maximum Gasteiger partial charge on any atom is 0.317 e. The first-order valence-electron chi connectivity index (χ1n) is 6.61. The van der Waals surface area contributed by atoms with Gasteiger partial charge in [0.05, 0.1) is 19.3 Å². The van der Waals surface area contributed by atoms with Gasteiger partial charge in [-0.3, -0.25) is 4.79 Å². The molecule has 3 N–H and O–H groups in total. The lowest BCUT2D eigenvalue weighted by molar-refractivity contribution is -0.142. The molecule has 110 valence electrons. The lowest BCUT2D eigenvalue weighted by Gasteiger charge is -2.29. The van der Waals surface area contributed by atoms with E-state index in [-0.39, 0.29) is 25.3 Å². The van der Waals surface area contributed by atoms with Crippen molar-refractivity contribution in [2.24, 2.45) is 5.92 Å². The van der Waals surface area contributed by atoms with Crippen molar-refractivity contribution in [3.63, 3.8) is 0 Å². The number of rotatable bonds is 7. The molecule has 2 amide bonds. The van der Waals surface area contributed by atoms with Crippen LogP contribution >= 0.6 is 0 Å². The predicted molar refractivity (Wildman–Crippen MR) is 70.1 cm³/mol. The summed E-state index contributed by atoms with van der Waals surface area (Å²) in [5.74, 6) is -1.55. The average Bonchev–Trinajstić information content (AvgIpc) is 2.85. The number of carbonyl (C=O) groups excluding carboxylic acids is 1. The molecule has 0 saturated carbocycles. The van der Waals surface area contributed by atoms with Gasteiger partial charge in [-0.2, -0.15) is 0 Å². The van der Waals surface area contributed by atoms with Crippen molar-refractivity contribution >= 4 is 12.0 Å². The van der Waals surface area contributed by atoms with Gasteiger partial charge in [0.2, 0.25) is 0 Å². The second-order valence-corrected chi connectivity index (χ2v) is 4.52. The molecule has 2 unspecified atom stereocenters. The van der Waals surface area contributed by atoms with Crippen molar-refractivity contribution in [2.75, 3.05) is 39.9 Å². The van der Waals surface area contributed by atoms with Gasteiger partial charge in [-0.25, -0.2) is 4.79 Å². The van der Waals surface area contributed by atoms with Gasteiger partial charge in [0.15, 0.2) is 0 Å². The Morgan fingerprint density at radius 3 is 2.68 bits per heavy atom. The number of nitrogens with zero attached hydrogens (tertiary/aromatic N) is 1. The van der Waals surface area contributed by atoms with Gasteiger partial charge in [-0.1, -0.05) is 0 Å². The number of amides is 2. The van der Waals surface area contributed by atoms with E-state index >= 15 is 0 Å². The standard InChI is InChI=1S/C12H23N3O4/c1-3-15(12(18)14-6-4-5-13-2)10-8-19-7-9(10)11(16)17/h9-10,13H,3-8H2,1-2H3,(H,14,18)(H,16,17). The van der Waals surface area contributed by atoms with E-state index in [0.29, 0.717) is 13.1 Å². The molecular formula is C12H23N3O4. The summed E-state index contributed by atoms with van der Waals surface area (Å²) in [6.07, 6.45) is 0.837. The summed E-state index contributed by atoms with van der Waals surface area (Å²) in [6.45, 7) is 4.16. The summed E-state index contributed by atoms with van der Waals surface area (Å²) < 4.78 is 5.19. The van der Waals surface area contributed by atoms with Crippen LogP contribution in [0.25, 0.3) is 0 Å². The molecule has 0 aromatic carbocycles. The highest BCUT2D eigenvalue weighted by Gasteiger charge is 2.39. The van der Waals surface area contributed by atoms with Gasteiger partial charge in [0.25, 0.3) is 0 Å². The van der Waals surface area contributed by atoms with Gasteiger partial charge < -0.3 is 25.4 Å². The van der Waals surface area contributed by atoms with E-state index in [9.17, 15) is 9.59 Å². The first-order chi connectivity index (χ1) is 9.11. The number of nitrogens with one attached hydrogen (secondary N) is 2. The maximum absolute atomic E-state index is 12.0. The minimum absolute atomic E-state index is 0.170. The summed E-state index contributed by atoms with van der Waals surface area (Å²) in [5, 5.41) is 14.9. The third-order valence-corrected chi connectivity index (χ3v) is 3.25. The molecule has 1 saturated heterocycles. The summed E-state index contributed by atoms with van der Waals surface area (Å²) in [6, 6.07) is -0.604. The van der Waals surface area contributed by atoms with E-state index in [4.69, 9.17) is 9.84 Å². The predicted octanol–water partition coefficient (Wildman–Crippen LogP) is -0.273. The summed E-state index contributed by atoms with van der Waals surface area (Å²) in [5.41, 5.74) is 0. The van der Waals surface area contributed by atoms with Crippen molar-refractivity contribution < 1.29 is 19.4 Å². The Kier molecular flexibility index (Phi) is 6.58. The molecule has 1 heterocycles. The van der Waals surface area contributed by atoms with Crippen molar-refractivity contribution in [2.45, 2.75) is 19.4 Å². The number of carboxylic acid groups (broad SMARTS) is 1. The smallest absolute Gasteiger partial charge is 0.317 e. The Morgan fingerprint density at radius 2 is 2.11 bits per heavy atom. The number of hydrogen-bond acceptors (Lipinski definition) is 4. The lowest BCUT2D eigenvalue weighted by atomic mass is 10.0. The van der Waals surface area contributed by atoms with E-state index < -0.39 is 11.9 Å². The Hall–Kier alpha value is -1.34. The molecule has 1 aliphatic rings. The highest BCUT2D eigenvalue weighted by atomic mass is 16.5. The maximum atomic E-state index is 12.0. The van der Waals surface area contributed by atoms with Gasteiger partial charge in [0.1, 0.15) is 5.92 Å². The van der Waals surface area contributed by atoms with Crippen molar-refractivity contribution in [3.05, 3.63) is 0 Å². The zero-order valence-electron chi connectivity index (χ0n) is 11.5. The third-order valence-electron chi connectivity index (χ3n) is 3.25. The number of carbonyl (C=O) groups is 2. The molecule has 0 spiro atoms. The van der Waals surface area contributed by atoms with Crippen molar-refractivity contribution in [1.82, 2.24) is 15.5 Å². The molecule has 1 fully saturated rings. The van der Waals surface area contributed by atoms with Crippen LogP contribution in [-0.4, -0.2) is 67.9 Å². The molecule has 0 aromatic rings. The highest BCUT2D eigenvalue weighted by molar-refractivity contribution is 5.77. The van der Waals surface area contributed by atoms with E-state index in [2.05, 4.69) is 10.6 Å². The van der Waals surface area contributed by atoms with Gasteiger partial charge in [-0.05, 0) is 26.9 Å². The summed E-state index contributed by atoms with van der Waals surface area (Å²) in [7, 11) is 1.85. The molecule has 1 aliphatic heterocycles. The fourth-order valence-electron chi connectivity index (χ4n) is 2.18. The molecule has 0 aliphatic carbocycles. The molecule has 1 rings (SSSR count). The quantitative estimate of drug-likeness (QED) is 0.555. The van der Waals surface area contributed by atoms with E-state index in [0.717, 1.165) is 13.0 Å². The number of carboxylic acids is 1. The van der Waals surface area contributed by atoms with Crippen molar-refractivity contribution in [1.29, 1.82) is 0 Å².